The quantitative estimate of drug-likeness (QED) is 0.322. The van der Waals surface area contributed by atoms with Crippen LogP contribution in [0, 0.1) is 0 Å². The van der Waals surface area contributed by atoms with Crippen molar-refractivity contribution in [3.05, 3.63) is 96.8 Å². The van der Waals surface area contributed by atoms with Crippen LogP contribution in [0.1, 0.15) is 67.4 Å². The summed E-state index contributed by atoms with van der Waals surface area (Å²) in [5, 5.41) is 3.19. The third-order valence-electron chi connectivity index (χ3n) is 3.80. The minimum Gasteiger partial charge on any atom is -0.389 e. The Morgan fingerprint density at radius 2 is 1.59 bits per heavy atom. The van der Waals surface area contributed by atoms with Crippen LogP contribution in [0.5, 0.6) is 0 Å². The van der Waals surface area contributed by atoms with Crippen molar-refractivity contribution in [2.75, 3.05) is 25.5 Å². The average molecular weight is 439 g/mol. The Bertz CT molecular complexity index is 727. The highest BCUT2D eigenvalue weighted by atomic mass is 15.1. The van der Waals surface area contributed by atoms with E-state index < -0.39 is 0 Å². The van der Waals surface area contributed by atoms with Gasteiger partial charge in [-0.15, -0.1) is 6.58 Å². The molecule has 0 unspecified atom stereocenters. The maximum absolute atomic E-state index is 3.78. The van der Waals surface area contributed by atoms with Crippen LogP contribution in [-0.2, 0) is 0 Å². The summed E-state index contributed by atoms with van der Waals surface area (Å²) in [6, 6.07) is 8.56. The van der Waals surface area contributed by atoms with Crippen LogP contribution in [0.2, 0.25) is 0 Å². The van der Waals surface area contributed by atoms with Crippen LogP contribution in [0.3, 0.4) is 0 Å². The Labute approximate surface area is 200 Å². The summed E-state index contributed by atoms with van der Waals surface area (Å²) in [6.45, 7) is 28.1. The monoisotopic (exact) mass is 438 g/mol. The lowest BCUT2D eigenvalue weighted by Crippen LogP contribution is -2.11. The highest BCUT2D eigenvalue weighted by Crippen LogP contribution is 2.19. The third-order valence-corrected chi connectivity index (χ3v) is 3.80. The summed E-state index contributed by atoms with van der Waals surface area (Å²) in [5.74, 6) is 0. The molecule has 1 N–H and O–H groups in total. The molecule has 180 valence electrons. The summed E-state index contributed by atoms with van der Waals surface area (Å²) in [5.41, 5.74) is 7.33. The Balaban J connectivity index is -0.000000422. The van der Waals surface area contributed by atoms with Crippen molar-refractivity contribution in [2.24, 2.45) is 0 Å². The molecule has 0 fully saturated rings. The van der Waals surface area contributed by atoms with Crippen molar-refractivity contribution < 1.29 is 0 Å². The van der Waals surface area contributed by atoms with Crippen molar-refractivity contribution >= 4 is 11.3 Å². The molecule has 2 heteroatoms. The molecule has 1 aromatic carbocycles. The first-order valence-corrected chi connectivity index (χ1v) is 11.4. The van der Waals surface area contributed by atoms with E-state index in [2.05, 4.69) is 94.3 Å². The molecule has 0 amide bonds. The second-order valence-corrected chi connectivity index (χ2v) is 7.56. The molecule has 2 nitrogen and oxygen atoms in total. The molecular weight excluding hydrogens is 388 g/mol. The first kappa shape index (κ1) is 33.9. The molecule has 0 radical (unpaired) electrons. The normalized spacial score (nSPS) is 10.4. The maximum atomic E-state index is 3.78. The predicted octanol–water partition coefficient (Wildman–Crippen LogP) is 8.97. The largest absolute Gasteiger partial charge is 0.389 e. The smallest absolute Gasteiger partial charge is 0.0367 e. The topological polar surface area (TPSA) is 15.3 Å². The summed E-state index contributed by atoms with van der Waals surface area (Å²) < 4.78 is 0. The molecule has 0 aliphatic rings. The molecule has 0 aliphatic heterocycles. The van der Waals surface area contributed by atoms with Crippen LogP contribution in [-0.4, -0.2) is 20.6 Å². The maximum Gasteiger partial charge on any atom is 0.0367 e. The highest BCUT2D eigenvalue weighted by molar-refractivity contribution is 5.67. The van der Waals surface area contributed by atoms with Crippen molar-refractivity contribution in [1.29, 1.82) is 0 Å². The fourth-order valence-electron chi connectivity index (χ4n) is 2.20. The molecule has 32 heavy (non-hydrogen) atoms. The second-order valence-electron chi connectivity index (χ2n) is 7.56. The van der Waals surface area contributed by atoms with E-state index in [-0.39, 0.29) is 0 Å². The van der Waals surface area contributed by atoms with Crippen LogP contribution in [0.4, 0.5) is 5.69 Å². The van der Waals surface area contributed by atoms with Gasteiger partial charge in [0.2, 0.25) is 0 Å². The van der Waals surface area contributed by atoms with E-state index in [1.54, 1.807) is 0 Å². The molecular formula is C30H50N2. The molecule has 1 aromatic rings. The van der Waals surface area contributed by atoms with Gasteiger partial charge in [0, 0.05) is 32.0 Å². The van der Waals surface area contributed by atoms with E-state index in [1.807, 2.05) is 59.8 Å². The Hall–Kier alpha value is -2.74. The lowest BCUT2D eigenvalue weighted by Gasteiger charge is -2.13. The first-order chi connectivity index (χ1) is 15.1. The summed E-state index contributed by atoms with van der Waals surface area (Å²) in [4.78, 5) is 2.12. The number of nitrogens with one attached hydrogen (secondary N) is 1. The lowest BCUT2D eigenvalue weighted by molar-refractivity contribution is 0.793. The van der Waals surface area contributed by atoms with E-state index in [0.29, 0.717) is 0 Å². The van der Waals surface area contributed by atoms with Gasteiger partial charge >= 0.3 is 0 Å². The van der Waals surface area contributed by atoms with Gasteiger partial charge in [-0.1, -0.05) is 75.1 Å². The molecule has 0 aromatic heterocycles. The van der Waals surface area contributed by atoms with E-state index in [4.69, 9.17) is 0 Å². The van der Waals surface area contributed by atoms with Gasteiger partial charge in [-0.3, -0.25) is 0 Å². The minimum atomic E-state index is 0.930. The fourth-order valence-corrected chi connectivity index (χ4v) is 2.20. The van der Waals surface area contributed by atoms with E-state index in [9.17, 15) is 0 Å². The summed E-state index contributed by atoms with van der Waals surface area (Å²) in [7, 11) is 4.12. The van der Waals surface area contributed by atoms with Gasteiger partial charge in [-0.25, -0.2) is 0 Å². The molecule has 0 atom stereocenters. The van der Waals surface area contributed by atoms with Crippen LogP contribution in [0.25, 0.3) is 5.57 Å². The Morgan fingerprint density at radius 3 is 2.00 bits per heavy atom. The molecule has 0 saturated heterocycles. The van der Waals surface area contributed by atoms with Gasteiger partial charge < -0.3 is 10.2 Å². The van der Waals surface area contributed by atoms with E-state index in [0.717, 1.165) is 18.7 Å². The molecule has 0 bridgehead atoms. The van der Waals surface area contributed by atoms with Crippen molar-refractivity contribution in [3.63, 3.8) is 0 Å². The lowest BCUT2D eigenvalue weighted by atomic mass is 10.1. The fraction of sp³-hybridized carbons (Fsp3) is 0.400. The number of hydrogen-bond acceptors (Lipinski definition) is 2. The molecule has 0 saturated carbocycles. The van der Waals surface area contributed by atoms with Gasteiger partial charge in [0.05, 0.1) is 0 Å². The van der Waals surface area contributed by atoms with Gasteiger partial charge in [-0.2, -0.15) is 0 Å². The minimum absolute atomic E-state index is 0.930. The average Bonchev–Trinajstić information content (AvgIpc) is 2.75. The SMILES string of the molecule is C/C=C(\C)c1cccc(N(C)C)c1.C=C(C)C.C=C/C=C(\C=C/C)CCNC(=C)C.CC. The van der Waals surface area contributed by atoms with E-state index in [1.165, 1.54) is 28.0 Å². The standard InChI is InChI=1S/C12H17N.C12H19N.C4H8.C2H6/c1-5-10(2)11-7-6-8-12(9-11)13(3)4;1-5-7-12(8-6-2)9-10-13-11(3)4;1-4(2)3;1-2/h5-9H,1-4H3;5-8,13H,1,3,9-10H2,2,4H3;1H2,2-3H3;1-2H3/b10-5+;8-6-,12-7+;;. The molecule has 0 aliphatic carbocycles. The zero-order chi connectivity index (χ0) is 25.5. The van der Waals surface area contributed by atoms with Crippen molar-refractivity contribution in [1.82, 2.24) is 5.32 Å². The van der Waals surface area contributed by atoms with Gasteiger partial charge in [-0.05, 0) is 76.8 Å². The predicted molar refractivity (Wildman–Crippen MR) is 152 cm³/mol. The summed E-state index contributed by atoms with van der Waals surface area (Å²) in [6.07, 6.45) is 11.1. The molecule has 1 rings (SSSR count). The Kier molecular flexibility index (Phi) is 24.3. The number of hydrogen-bond donors (Lipinski definition) is 1. The molecule has 0 heterocycles. The van der Waals surface area contributed by atoms with Crippen LogP contribution >= 0.6 is 0 Å². The van der Waals surface area contributed by atoms with Crippen molar-refractivity contribution in [2.45, 2.75) is 61.8 Å². The van der Waals surface area contributed by atoms with Crippen LogP contribution in [0.15, 0.2) is 91.2 Å². The van der Waals surface area contributed by atoms with Gasteiger partial charge in [0.1, 0.15) is 0 Å². The van der Waals surface area contributed by atoms with Crippen LogP contribution < -0.4 is 10.2 Å². The number of rotatable bonds is 8. The summed E-state index contributed by atoms with van der Waals surface area (Å²) >= 11 is 0. The zero-order valence-electron chi connectivity index (χ0n) is 22.7. The van der Waals surface area contributed by atoms with Crippen molar-refractivity contribution in [3.8, 4) is 0 Å². The number of anilines is 1. The zero-order valence-corrected chi connectivity index (χ0v) is 22.7. The van der Waals surface area contributed by atoms with Gasteiger partial charge in [0.15, 0.2) is 0 Å². The van der Waals surface area contributed by atoms with Gasteiger partial charge in [0.25, 0.3) is 0 Å². The first-order valence-electron chi connectivity index (χ1n) is 11.4. The Morgan fingerprint density at radius 1 is 1.03 bits per heavy atom. The third kappa shape index (κ3) is 22.0. The number of benzene rings is 1. The highest BCUT2D eigenvalue weighted by Gasteiger charge is 1.98. The van der Waals surface area contributed by atoms with E-state index >= 15 is 0 Å². The molecule has 0 spiro atoms. The number of allylic oxidation sites excluding steroid dienone is 8. The second kappa shape index (κ2) is 22.9. The number of nitrogens with zero attached hydrogens (tertiary/aromatic N) is 1.